The lowest BCUT2D eigenvalue weighted by Crippen LogP contribution is -2.45. The third-order valence-corrected chi connectivity index (χ3v) is 5.18. The van der Waals surface area contributed by atoms with Crippen molar-refractivity contribution >= 4 is 15.9 Å². The van der Waals surface area contributed by atoms with Crippen molar-refractivity contribution in [1.82, 2.24) is 9.80 Å². The number of rotatable bonds is 5. The van der Waals surface area contributed by atoms with E-state index in [9.17, 15) is 0 Å². The summed E-state index contributed by atoms with van der Waals surface area (Å²) in [5.74, 6) is 0.989. The minimum absolute atomic E-state index is 0.965. The first-order valence-corrected chi connectivity index (χ1v) is 8.85. The van der Waals surface area contributed by atoms with Crippen LogP contribution in [0.3, 0.4) is 0 Å². The van der Waals surface area contributed by atoms with Crippen molar-refractivity contribution in [2.45, 2.75) is 13.1 Å². The second-order valence-corrected chi connectivity index (χ2v) is 6.81. The summed E-state index contributed by atoms with van der Waals surface area (Å²) in [6.07, 6.45) is 0. The van der Waals surface area contributed by atoms with E-state index in [1.165, 1.54) is 15.6 Å². The highest BCUT2D eigenvalue weighted by molar-refractivity contribution is 9.10. The maximum absolute atomic E-state index is 5.46. The van der Waals surface area contributed by atoms with Gasteiger partial charge in [0.15, 0.2) is 0 Å². The molecule has 3 rings (SSSR count). The lowest BCUT2D eigenvalue weighted by atomic mass is 10.1. The Bertz CT molecular complexity index is 639. The van der Waals surface area contributed by atoms with Crippen molar-refractivity contribution in [3.63, 3.8) is 0 Å². The molecule has 2 aromatic rings. The van der Waals surface area contributed by atoms with E-state index in [1.54, 1.807) is 7.11 Å². The second-order valence-electron chi connectivity index (χ2n) is 5.96. The predicted molar refractivity (Wildman–Crippen MR) is 97.7 cm³/mol. The summed E-state index contributed by atoms with van der Waals surface area (Å²) in [5, 5.41) is 0. The van der Waals surface area contributed by atoms with Gasteiger partial charge in [0.1, 0.15) is 5.75 Å². The van der Waals surface area contributed by atoms with Crippen molar-refractivity contribution in [2.75, 3.05) is 33.3 Å². The van der Waals surface area contributed by atoms with Crippen LogP contribution in [-0.2, 0) is 13.1 Å². The molecule has 0 amide bonds. The van der Waals surface area contributed by atoms with Crippen LogP contribution in [0.15, 0.2) is 53.0 Å². The van der Waals surface area contributed by atoms with Gasteiger partial charge in [0.2, 0.25) is 0 Å². The van der Waals surface area contributed by atoms with Gasteiger partial charge in [-0.3, -0.25) is 9.80 Å². The number of hydrogen-bond acceptors (Lipinski definition) is 3. The Morgan fingerprint density at radius 2 is 1.35 bits per heavy atom. The molecule has 0 N–H and O–H groups in total. The predicted octanol–water partition coefficient (Wildman–Crippen LogP) is 3.78. The van der Waals surface area contributed by atoms with Gasteiger partial charge in [-0.15, -0.1) is 0 Å². The molecule has 0 radical (unpaired) electrons. The molecule has 3 nitrogen and oxygen atoms in total. The van der Waals surface area contributed by atoms with E-state index in [4.69, 9.17) is 4.74 Å². The number of piperazine rings is 1. The normalized spacial score (nSPS) is 16.4. The van der Waals surface area contributed by atoms with Gasteiger partial charge < -0.3 is 4.74 Å². The standard InChI is InChI=1S/C19H23BrN2O/c1-23-19-9-5-3-7-17(19)15-22-12-10-21(11-13-22)14-16-6-2-4-8-18(16)20/h2-9H,10-15H2,1H3. The van der Waals surface area contributed by atoms with Crippen LogP contribution in [0.2, 0.25) is 0 Å². The van der Waals surface area contributed by atoms with Crippen molar-refractivity contribution < 1.29 is 4.74 Å². The van der Waals surface area contributed by atoms with E-state index in [2.05, 4.69) is 62.1 Å². The molecule has 1 saturated heterocycles. The Morgan fingerprint density at radius 1 is 0.826 bits per heavy atom. The molecule has 0 aromatic heterocycles. The van der Waals surface area contributed by atoms with Crippen LogP contribution in [0.5, 0.6) is 5.75 Å². The molecule has 0 aliphatic carbocycles. The molecular formula is C19H23BrN2O. The van der Waals surface area contributed by atoms with Gasteiger partial charge in [-0.05, 0) is 17.7 Å². The SMILES string of the molecule is COc1ccccc1CN1CCN(Cc2ccccc2Br)CC1. The molecule has 1 aliphatic rings. The topological polar surface area (TPSA) is 15.7 Å². The molecule has 1 fully saturated rings. The number of halogens is 1. The molecule has 0 spiro atoms. The summed E-state index contributed by atoms with van der Waals surface area (Å²) in [5.41, 5.74) is 2.64. The quantitative estimate of drug-likeness (QED) is 0.791. The van der Waals surface area contributed by atoms with Crippen LogP contribution in [0.1, 0.15) is 11.1 Å². The monoisotopic (exact) mass is 374 g/mol. The number of ether oxygens (including phenoxy) is 1. The summed E-state index contributed by atoms with van der Waals surface area (Å²) < 4.78 is 6.66. The smallest absolute Gasteiger partial charge is 0.123 e. The van der Waals surface area contributed by atoms with Crippen LogP contribution >= 0.6 is 15.9 Å². The molecule has 0 saturated carbocycles. The largest absolute Gasteiger partial charge is 0.496 e. The summed E-state index contributed by atoms with van der Waals surface area (Å²) in [6, 6.07) is 16.8. The lowest BCUT2D eigenvalue weighted by molar-refractivity contribution is 0.121. The van der Waals surface area contributed by atoms with Crippen molar-refractivity contribution in [3.8, 4) is 5.75 Å². The van der Waals surface area contributed by atoms with E-state index in [1.807, 2.05) is 12.1 Å². The van der Waals surface area contributed by atoms with Gasteiger partial charge in [-0.1, -0.05) is 52.3 Å². The number of para-hydroxylation sites is 1. The molecular weight excluding hydrogens is 352 g/mol. The number of nitrogens with zero attached hydrogens (tertiary/aromatic N) is 2. The highest BCUT2D eigenvalue weighted by Gasteiger charge is 2.18. The maximum Gasteiger partial charge on any atom is 0.123 e. The molecule has 4 heteroatoms. The summed E-state index contributed by atoms with van der Waals surface area (Å²) in [4.78, 5) is 5.03. The van der Waals surface area contributed by atoms with Crippen LogP contribution in [0.25, 0.3) is 0 Å². The first-order chi connectivity index (χ1) is 11.3. The minimum Gasteiger partial charge on any atom is -0.496 e. The first kappa shape index (κ1) is 16.5. The Hall–Kier alpha value is -1.36. The Balaban J connectivity index is 1.53. The zero-order chi connectivity index (χ0) is 16.1. The van der Waals surface area contributed by atoms with Gasteiger partial charge in [0, 0.05) is 49.3 Å². The highest BCUT2D eigenvalue weighted by Crippen LogP contribution is 2.21. The van der Waals surface area contributed by atoms with Crippen molar-refractivity contribution in [1.29, 1.82) is 0 Å². The third-order valence-electron chi connectivity index (χ3n) is 4.40. The molecule has 23 heavy (non-hydrogen) atoms. The molecule has 0 atom stereocenters. The van der Waals surface area contributed by atoms with Crippen LogP contribution in [0.4, 0.5) is 0 Å². The zero-order valence-corrected chi connectivity index (χ0v) is 15.1. The van der Waals surface area contributed by atoms with Gasteiger partial charge in [0.25, 0.3) is 0 Å². The van der Waals surface area contributed by atoms with Crippen LogP contribution in [0, 0.1) is 0 Å². The van der Waals surface area contributed by atoms with Gasteiger partial charge in [-0.2, -0.15) is 0 Å². The molecule has 1 heterocycles. The van der Waals surface area contributed by atoms with Gasteiger partial charge in [-0.25, -0.2) is 0 Å². The number of hydrogen-bond donors (Lipinski definition) is 0. The van der Waals surface area contributed by atoms with E-state index in [0.29, 0.717) is 0 Å². The van der Waals surface area contributed by atoms with Crippen LogP contribution in [-0.4, -0.2) is 43.1 Å². The zero-order valence-electron chi connectivity index (χ0n) is 13.5. The molecule has 122 valence electrons. The molecule has 0 bridgehead atoms. The average Bonchev–Trinajstić information content (AvgIpc) is 2.59. The van der Waals surface area contributed by atoms with E-state index >= 15 is 0 Å². The Kier molecular flexibility index (Phi) is 5.70. The fourth-order valence-corrected chi connectivity index (χ4v) is 3.46. The Labute approximate surface area is 147 Å². The third kappa shape index (κ3) is 4.34. The first-order valence-electron chi connectivity index (χ1n) is 8.06. The lowest BCUT2D eigenvalue weighted by Gasteiger charge is -2.35. The average molecular weight is 375 g/mol. The van der Waals surface area contributed by atoms with Crippen molar-refractivity contribution in [3.05, 3.63) is 64.1 Å². The second kappa shape index (κ2) is 7.95. The number of benzene rings is 2. The molecule has 2 aromatic carbocycles. The fourth-order valence-electron chi connectivity index (χ4n) is 3.05. The van der Waals surface area contributed by atoms with Gasteiger partial charge in [0.05, 0.1) is 7.11 Å². The fraction of sp³-hybridized carbons (Fsp3) is 0.368. The minimum atomic E-state index is 0.965. The summed E-state index contributed by atoms with van der Waals surface area (Å²) in [6.45, 7) is 6.40. The molecule has 1 aliphatic heterocycles. The number of methoxy groups -OCH3 is 1. The molecule has 0 unspecified atom stereocenters. The van der Waals surface area contributed by atoms with Crippen LogP contribution < -0.4 is 4.74 Å². The summed E-state index contributed by atoms with van der Waals surface area (Å²) >= 11 is 3.64. The highest BCUT2D eigenvalue weighted by atomic mass is 79.9. The summed E-state index contributed by atoms with van der Waals surface area (Å²) in [7, 11) is 1.74. The van der Waals surface area contributed by atoms with Crippen molar-refractivity contribution in [2.24, 2.45) is 0 Å². The van der Waals surface area contributed by atoms with E-state index in [-0.39, 0.29) is 0 Å². The van der Waals surface area contributed by atoms with Gasteiger partial charge >= 0.3 is 0 Å². The van der Waals surface area contributed by atoms with E-state index in [0.717, 1.165) is 45.0 Å². The maximum atomic E-state index is 5.46. The Morgan fingerprint density at radius 3 is 1.96 bits per heavy atom. The van der Waals surface area contributed by atoms with E-state index < -0.39 is 0 Å².